The highest BCUT2D eigenvalue weighted by Crippen LogP contribution is 2.38. The van der Waals surface area contributed by atoms with Crippen LogP contribution in [0.3, 0.4) is 0 Å². The van der Waals surface area contributed by atoms with Crippen LogP contribution in [-0.2, 0) is 5.60 Å². The van der Waals surface area contributed by atoms with Crippen LogP contribution < -0.4 is 0 Å². The van der Waals surface area contributed by atoms with Crippen molar-refractivity contribution in [2.24, 2.45) is 11.8 Å². The van der Waals surface area contributed by atoms with Gasteiger partial charge >= 0.3 is 0 Å². The summed E-state index contributed by atoms with van der Waals surface area (Å²) in [5.74, 6) is 0.421. The maximum Gasteiger partial charge on any atom is 0.105 e. The highest BCUT2D eigenvalue weighted by Gasteiger charge is 2.38. The van der Waals surface area contributed by atoms with Crippen LogP contribution >= 0.6 is 11.5 Å². The van der Waals surface area contributed by atoms with Crippen LogP contribution in [0.5, 0.6) is 0 Å². The zero-order valence-corrected chi connectivity index (χ0v) is 10.4. The zero-order valence-electron chi connectivity index (χ0n) is 9.53. The Morgan fingerprint density at radius 2 is 1.79 bits per heavy atom. The highest BCUT2D eigenvalue weighted by atomic mass is 32.1. The third kappa shape index (κ3) is 1.84. The first-order valence-corrected chi connectivity index (χ1v) is 5.82. The number of rotatable bonds is 3. The standard InChI is InChI=1S/C11H19NOS/c1-7(2)11(13,8(3)4)10-6-9(5)12-14-10/h6-8,13H,1-5H3. The molecule has 0 aliphatic rings. The average molecular weight is 213 g/mol. The molecule has 80 valence electrons. The summed E-state index contributed by atoms with van der Waals surface area (Å²) in [7, 11) is 0. The monoisotopic (exact) mass is 213 g/mol. The van der Waals surface area contributed by atoms with E-state index < -0.39 is 5.60 Å². The molecular weight excluding hydrogens is 194 g/mol. The van der Waals surface area contributed by atoms with Crippen molar-refractivity contribution in [3.05, 3.63) is 16.6 Å². The lowest BCUT2D eigenvalue weighted by Crippen LogP contribution is -2.36. The van der Waals surface area contributed by atoms with Crippen molar-refractivity contribution in [2.75, 3.05) is 0 Å². The fraction of sp³-hybridized carbons (Fsp3) is 0.727. The van der Waals surface area contributed by atoms with Gasteiger partial charge in [-0.05, 0) is 36.4 Å². The number of aryl methyl sites for hydroxylation is 1. The molecule has 0 aliphatic heterocycles. The quantitative estimate of drug-likeness (QED) is 0.837. The third-order valence-electron chi connectivity index (χ3n) is 2.78. The summed E-state index contributed by atoms with van der Waals surface area (Å²) in [4.78, 5) is 0.986. The summed E-state index contributed by atoms with van der Waals surface area (Å²) in [5.41, 5.74) is 0.260. The van der Waals surface area contributed by atoms with Gasteiger partial charge in [-0.2, -0.15) is 4.37 Å². The first-order chi connectivity index (χ1) is 6.39. The smallest absolute Gasteiger partial charge is 0.105 e. The van der Waals surface area contributed by atoms with E-state index in [-0.39, 0.29) is 11.8 Å². The van der Waals surface area contributed by atoms with Gasteiger partial charge < -0.3 is 5.11 Å². The van der Waals surface area contributed by atoms with E-state index in [1.807, 2.05) is 13.0 Å². The average Bonchev–Trinajstić information content (AvgIpc) is 2.49. The number of nitrogens with zero attached hydrogens (tertiary/aromatic N) is 1. The lowest BCUT2D eigenvalue weighted by Gasteiger charge is -2.34. The Bertz CT molecular complexity index is 296. The van der Waals surface area contributed by atoms with E-state index in [1.54, 1.807) is 0 Å². The van der Waals surface area contributed by atoms with Gasteiger partial charge in [-0.15, -0.1) is 0 Å². The van der Waals surface area contributed by atoms with Gasteiger partial charge in [-0.1, -0.05) is 27.7 Å². The summed E-state index contributed by atoms with van der Waals surface area (Å²) < 4.78 is 4.23. The van der Waals surface area contributed by atoms with Crippen LogP contribution in [0.25, 0.3) is 0 Å². The fourth-order valence-corrected chi connectivity index (χ4v) is 2.92. The van der Waals surface area contributed by atoms with E-state index in [9.17, 15) is 5.11 Å². The van der Waals surface area contributed by atoms with Gasteiger partial charge in [0.05, 0.1) is 10.6 Å². The minimum atomic E-state index is -0.730. The highest BCUT2D eigenvalue weighted by molar-refractivity contribution is 7.06. The Hall–Kier alpha value is -0.410. The molecule has 0 saturated heterocycles. The second kappa shape index (κ2) is 3.99. The zero-order chi connectivity index (χ0) is 10.9. The van der Waals surface area contributed by atoms with Gasteiger partial charge in [0.2, 0.25) is 0 Å². The van der Waals surface area contributed by atoms with Crippen LogP contribution in [0.15, 0.2) is 6.07 Å². The van der Waals surface area contributed by atoms with Gasteiger partial charge in [-0.3, -0.25) is 0 Å². The predicted molar refractivity (Wildman–Crippen MR) is 60.4 cm³/mol. The van der Waals surface area contributed by atoms with Crippen molar-refractivity contribution < 1.29 is 5.11 Å². The summed E-state index contributed by atoms with van der Waals surface area (Å²) in [6.45, 7) is 10.2. The molecule has 0 radical (unpaired) electrons. The summed E-state index contributed by atoms with van der Waals surface area (Å²) in [6.07, 6.45) is 0. The van der Waals surface area contributed by atoms with E-state index in [2.05, 4.69) is 32.1 Å². The van der Waals surface area contributed by atoms with E-state index in [4.69, 9.17) is 0 Å². The number of aliphatic hydroxyl groups is 1. The second-order valence-electron chi connectivity index (χ2n) is 4.47. The van der Waals surface area contributed by atoms with Crippen LogP contribution in [0.4, 0.5) is 0 Å². The number of hydrogen-bond donors (Lipinski definition) is 1. The van der Waals surface area contributed by atoms with Gasteiger partial charge in [-0.25, -0.2) is 0 Å². The molecule has 3 heteroatoms. The summed E-state index contributed by atoms with van der Waals surface area (Å²) in [5, 5.41) is 10.6. The molecule has 1 heterocycles. The summed E-state index contributed by atoms with van der Waals surface area (Å²) in [6, 6.07) is 1.99. The Balaban J connectivity index is 3.12. The van der Waals surface area contributed by atoms with Crippen molar-refractivity contribution in [3.8, 4) is 0 Å². The second-order valence-corrected chi connectivity index (χ2v) is 5.27. The molecule has 1 aromatic heterocycles. The molecule has 0 atom stereocenters. The van der Waals surface area contributed by atoms with Crippen LogP contribution in [0.1, 0.15) is 38.3 Å². The normalized spacial score (nSPS) is 12.9. The van der Waals surface area contributed by atoms with E-state index >= 15 is 0 Å². The molecule has 0 amide bonds. The molecule has 1 N–H and O–H groups in total. The SMILES string of the molecule is Cc1cc(C(O)(C(C)C)C(C)C)sn1. The molecule has 1 rings (SSSR count). The van der Waals surface area contributed by atoms with Crippen molar-refractivity contribution in [1.29, 1.82) is 0 Å². The lowest BCUT2D eigenvalue weighted by molar-refractivity contribution is -0.0498. The van der Waals surface area contributed by atoms with Crippen molar-refractivity contribution in [2.45, 2.75) is 40.2 Å². The van der Waals surface area contributed by atoms with Crippen molar-refractivity contribution in [1.82, 2.24) is 4.37 Å². The van der Waals surface area contributed by atoms with Gasteiger partial charge in [0, 0.05) is 0 Å². The van der Waals surface area contributed by atoms with E-state index in [0.29, 0.717) is 0 Å². The molecule has 1 aromatic rings. The molecule has 14 heavy (non-hydrogen) atoms. The lowest BCUT2D eigenvalue weighted by atomic mass is 9.79. The maximum atomic E-state index is 10.6. The molecule has 0 aliphatic carbocycles. The topological polar surface area (TPSA) is 33.1 Å². The molecule has 0 fully saturated rings. The maximum absolute atomic E-state index is 10.6. The van der Waals surface area contributed by atoms with Gasteiger partial charge in [0.1, 0.15) is 5.60 Å². The molecular formula is C11H19NOS. The van der Waals surface area contributed by atoms with Crippen LogP contribution in [-0.4, -0.2) is 9.48 Å². The summed E-state index contributed by atoms with van der Waals surface area (Å²) >= 11 is 1.41. The first-order valence-electron chi connectivity index (χ1n) is 5.05. The van der Waals surface area contributed by atoms with Crippen LogP contribution in [0, 0.1) is 18.8 Å². The van der Waals surface area contributed by atoms with E-state index in [1.165, 1.54) is 11.5 Å². The van der Waals surface area contributed by atoms with Crippen LogP contribution in [0.2, 0.25) is 0 Å². The Labute approximate surface area is 90.1 Å². The first kappa shape index (κ1) is 11.7. The Morgan fingerprint density at radius 1 is 1.29 bits per heavy atom. The molecule has 0 bridgehead atoms. The molecule has 2 nitrogen and oxygen atoms in total. The van der Waals surface area contributed by atoms with Crippen molar-refractivity contribution >= 4 is 11.5 Å². The molecule has 0 unspecified atom stereocenters. The molecule has 0 spiro atoms. The largest absolute Gasteiger partial charge is 0.384 e. The van der Waals surface area contributed by atoms with Gasteiger partial charge in [0.15, 0.2) is 0 Å². The fourth-order valence-electron chi connectivity index (χ4n) is 1.79. The van der Waals surface area contributed by atoms with E-state index in [0.717, 1.165) is 10.6 Å². The van der Waals surface area contributed by atoms with Crippen molar-refractivity contribution in [3.63, 3.8) is 0 Å². The minimum absolute atomic E-state index is 0.211. The number of aromatic nitrogens is 1. The third-order valence-corrected chi connectivity index (χ3v) is 3.80. The molecule has 0 aromatic carbocycles. The Morgan fingerprint density at radius 3 is 2.07 bits per heavy atom. The minimum Gasteiger partial charge on any atom is -0.384 e. The Kier molecular flexibility index (Phi) is 3.32. The molecule has 0 saturated carbocycles. The van der Waals surface area contributed by atoms with Gasteiger partial charge in [0.25, 0.3) is 0 Å². The number of hydrogen-bond acceptors (Lipinski definition) is 3. The predicted octanol–water partition coefficient (Wildman–Crippen LogP) is 2.95.